The number of thioether (sulfide) groups is 1. The van der Waals surface area contributed by atoms with Crippen molar-refractivity contribution in [2.75, 3.05) is 6.61 Å². The zero-order valence-electron chi connectivity index (χ0n) is 15.7. The number of hydrogen-bond donors (Lipinski definition) is 2. The van der Waals surface area contributed by atoms with Crippen molar-refractivity contribution in [1.29, 1.82) is 0 Å². The summed E-state index contributed by atoms with van der Waals surface area (Å²) >= 11 is 7.30. The van der Waals surface area contributed by atoms with Crippen molar-refractivity contribution in [2.45, 2.75) is 36.9 Å². The second-order valence-corrected chi connectivity index (χ2v) is 8.56. The molecule has 1 aromatic carbocycles. The van der Waals surface area contributed by atoms with Gasteiger partial charge < -0.3 is 14.4 Å². The van der Waals surface area contributed by atoms with Gasteiger partial charge in [0, 0.05) is 17.3 Å². The van der Waals surface area contributed by atoms with Gasteiger partial charge in [0.25, 0.3) is 5.56 Å². The molecule has 2 aromatic heterocycles. The molecule has 0 saturated heterocycles. The Hall–Kier alpha value is -2.23. The summed E-state index contributed by atoms with van der Waals surface area (Å²) in [5.41, 5.74) is -0.541. The highest BCUT2D eigenvalue weighted by atomic mass is 35.5. The molecule has 0 fully saturated rings. The van der Waals surface area contributed by atoms with E-state index in [2.05, 4.69) is 9.97 Å². The topological polar surface area (TPSA) is 102 Å². The van der Waals surface area contributed by atoms with Crippen LogP contribution in [0.2, 0.25) is 5.02 Å². The molecule has 0 amide bonds. The smallest absolute Gasteiger partial charge is 0.329 e. The van der Waals surface area contributed by atoms with Crippen LogP contribution in [0.25, 0.3) is 11.2 Å². The van der Waals surface area contributed by atoms with Gasteiger partial charge in [0.2, 0.25) is 0 Å². The monoisotopic (exact) mass is 424 g/mol. The summed E-state index contributed by atoms with van der Waals surface area (Å²) < 4.78 is 8.51. The summed E-state index contributed by atoms with van der Waals surface area (Å²) in [5.74, 6) is 0.580. The standard InChI is InChI=1S/C18H21ClN4O4S/c1-10(2)28-18-20-15-14(16(25)21-17(26)22(15)3)23(18)8-12(24)9-27-13-6-4-11(19)5-7-13/h4-7,10,12,24H,8-9H2,1-3H3,(H,21,25,26)/t12-/m1/s1. The van der Waals surface area contributed by atoms with Crippen molar-refractivity contribution < 1.29 is 9.84 Å². The number of aryl methyl sites for hydroxylation is 1. The van der Waals surface area contributed by atoms with Crippen molar-refractivity contribution in [1.82, 2.24) is 19.1 Å². The molecule has 0 aliphatic carbocycles. The number of nitrogens with zero attached hydrogens (tertiary/aromatic N) is 3. The predicted octanol–water partition coefficient (Wildman–Crippen LogP) is 2.02. The van der Waals surface area contributed by atoms with E-state index in [1.165, 1.54) is 16.3 Å². The van der Waals surface area contributed by atoms with Crippen LogP contribution in [0.15, 0.2) is 39.0 Å². The molecule has 0 bridgehead atoms. The zero-order chi connectivity index (χ0) is 20.4. The van der Waals surface area contributed by atoms with Crippen LogP contribution in [0.1, 0.15) is 13.8 Å². The van der Waals surface area contributed by atoms with Gasteiger partial charge in [-0.15, -0.1) is 0 Å². The fourth-order valence-electron chi connectivity index (χ4n) is 2.67. The Bertz CT molecular complexity index is 1090. The normalized spacial score (nSPS) is 12.6. The van der Waals surface area contributed by atoms with Crippen LogP contribution in [-0.2, 0) is 13.6 Å². The SMILES string of the molecule is CC(C)Sc1nc2c(c(=O)[nH]c(=O)n2C)n1C[C@@H](O)COc1ccc(Cl)cc1. The van der Waals surface area contributed by atoms with Crippen molar-refractivity contribution in [3.8, 4) is 5.75 Å². The number of aliphatic hydroxyl groups is 1. The third kappa shape index (κ3) is 4.43. The first-order chi connectivity index (χ1) is 13.3. The second-order valence-electron chi connectivity index (χ2n) is 6.58. The van der Waals surface area contributed by atoms with E-state index < -0.39 is 17.4 Å². The van der Waals surface area contributed by atoms with Crippen LogP contribution in [0.3, 0.4) is 0 Å². The van der Waals surface area contributed by atoms with E-state index in [-0.39, 0.29) is 29.6 Å². The molecule has 2 heterocycles. The van der Waals surface area contributed by atoms with Gasteiger partial charge in [-0.2, -0.15) is 0 Å². The molecular weight excluding hydrogens is 404 g/mol. The highest BCUT2D eigenvalue weighted by Crippen LogP contribution is 2.25. The maximum absolute atomic E-state index is 12.4. The number of H-pyrrole nitrogens is 1. The molecule has 1 atom stereocenters. The van der Waals surface area contributed by atoms with Gasteiger partial charge in [-0.3, -0.25) is 14.3 Å². The highest BCUT2D eigenvalue weighted by molar-refractivity contribution is 7.99. The van der Waals surface area contributed by atoms with E-state index in [1.807, 2.05) is 13.8 Å². The minimum Gasteiger partial charge on any atom is -0.491 e. The molecule has 28 heavy (non-hydrogen) atoms. The quantitative estimate of drug-likeness (QED) is 0.562. The third-order valence-corrected chi connectivity index (χ3v) is 5.21. The zero-order valence-corrected chi connectivity index (χ0v) is 17.3. The molecule has 8 nitrogen and oxygen atoms in total. The molecule has 150 valence electrons. The number of fused-ring (bicyclic) bond motifs is 1. The number of nitrogens with one attached hydrogen (secondary N) is 1. The Morgan fingerprint density at radius 2 is 1.96 bits per heavy atom. The van der Waals surface area contributed by atoms with Crippen LogP contribution in [0.5, 0.6) is 5.75 Å². The molecule has 0 aliphatic rings. The number of ether oxygens (including phenoxy) is 1. The van der Waals surface area contributed by atoms with Crippen LogP contribution in [-0.4, -0.2) is 42.2 Å². The lowest BCUT2D eigenvalue weighted by Crippen LogP contribution is -2.30. The number of hydrogen-bond acceptors (Lipinski definition) is 6. The molecule has 0 unspecified atom stereocenters. The van der Waals surface area contributed by atoms with Gasteiger partial charge in [-0.05, 0) is 24.3 Å². The highest BCUT2D eigenvalue weighted by Gasteiger charge is 2.20. The molecule has 0 radical (unpaired) electrons. The largest absolute Gasteiger partial charge is 0.491 e. The maximum Gasteiger partial charge on any atom is 0.329 e. The summed E-state index contributed by atoms with van der Waals surface area (Å²) in [5, 5.41) is 11.8. The first-order valence-electron chi connectivity index (χ1n) is 8.69. The molecule has 10 heteroatoms. The van der Waals surface area contributed by atoms with Crippen molar-refractivity contribution in [3.05, 3.63) is 50.1 Å². The maximum atomic E-state index is 12.4. The Kier molecular flexibility index (Phi) is 6.17. The molecule has 0 aliphatic heterocycles. The van der Waals surface area contributed by atoms with E-state index in [0.717, 1.165) is 0 Å². The summed E-state index contributed by atoms with van der Waals surface area (Å²) in [6.45, 7) is 4.12. The number of benzene rings is 1. The Morgan fingerprint density at radius 3 is 2.61 bits per heavy atom. The lowest BCUT2D eigenvalue weighted by Gasteiger charge is -2.15. The molecule has 0 saturated carbocycles. The summed E-state index contributed by atoms with van der Waals surface area (Å²) in [6, 6.07) is 6.82. The predicted molar refractivity (Wildman–Crippen MR) is 110 cm³/mol. The Morgan fingerprint density at radius 1 is 1.29 bits per heavy atom. The lowest BCUT2D eigenvalue weighted by molar-refractivity contribution is 0.0914. The summed E-state index contributed by atoms with van der Waals surface area (Å²) in [7, 11) is 1.54. The fraction of sp³-hybridized carbons (Fsp3) is 0.389. The Labute approximate surface area is 170 Å². The van der Waals surface area contributed by atoms with Crippen molar-refractivity contribution in [2.24, 2.45) is 7.05 Å². The van der Waals surface area contributed by atoms with E-state index >= 15 is 0 Å². The van der Waals surface area contributed by atoms with Gasteiger partial charge in [-0.1, -0.05) is 37.2 Å². The summed E-state index contributed by atoms with van der Waals surface area (Å²) in [4.78, 5) is 31.0. The van der Waals surface area contributed by atoms with Gasteiger partial charge in [0.05, 0.1) is 6.54 Å². The van der Waals surface area contributed by atoms with Gasteiger partial charge in [-0.25, -0.2) is 9.78 Å². The molecule has 3 aromatic rings. The number of halogens is 1. The number of aromatic amines is 1. The number of imidazole rings is 1. The first kappa shape index (κ1) is 20.5. The average molecular weight is 425 g/mol. The fourth-order valence-corrected chi connectivity index (χ4v) is 3.65. The van der Waals surface area contributed by atoms with E-state index in [1.54, 1.807) is 35.9 Å². The number of rotatable bonds is 7. The van der Waals surface area contributed by atoms with E-state index in [9.17, 15) is 14.7 Å². The summed E-state index contributed by atoms with van der Waals surface area (Å²) in [6.07, 6.45) is -0.892. The van der Waals surface area contributed by atoms with Crippen molar-refractivity contribution in [3.63, 3.8) is 0 Å². The molecular formula is C18H21ClN4O4S. The van der Waals surface area contributed by atoms with Crippen molar-refractivity contribution >= 4 is 34.5 Å². The van der Waals surface area contributed by atoms with Crippen LogP contribution in [0.4, 0.5) is 0 Å². The number of aromatic nitrogens is 4. The van der Waals surface area contributed by atoms with Gasteiger partial charge in [0.1, 0.15) is 18.5 Å². The average Bonchev–Trinajstić information content (AvgIpc) is 2.97. The lowest BCUT2D eigenvalue weighted by atomic mass is 10.3. The first-order valence-corrected chi connectivity index (χ1v) is 9.94. The Balaban J connectivity index is 1.89. The van der Waals surface area contributed by atoms with Crippen LogP contribution in [0, 0.1) is 0 Å². The molecule has 2 N–H and O–H groups in total. The van der Waals surface area contributed by atoms with E-state index in [0.29, 0.717) is 15.9 Å². The molecule has 0 spiro atoms. The third-order valence-electron chi connectivity index (χ3n) is 3.96. The number of aliphatic hydroxyl groups excluding tert-OH is 1. The minimum absolute atomic E-state index is 0.0246. The minimum atomic E-state index is -0.892. The molecule has 3 rings (SSSR count). The van der Waals surface area contributed by atoms with Gasteiger partial charge >= 0.3 is 5.69 Å². The van der Waals surface area contributed by atoms with Crippen LogP contribution < -0.4 is 16.0 Å². The van der Waals surface area contributed by atoms with Gasteiger partial charge in [0.15, 0.2) is 16.3 Å². The van der Waals surface area contributed by atoms with E-state index in [4.69, 9.17) is 16.3 Å². The second kappa shape index (κ2) is 8.42. The van der Waals surface area contributed by atoms with Crippen LogP contribution >= 0.6 is 23.4 Å².